The van der Waals surface area contributed by atoms with Crippen molar-refractivity contribution in [2.75, 3.05) is 29.1 Å². The van der Waals surface area contributed by atoms with Gasteiger partial charge in [-0.1, -0.05) is 43.4 Å². The third-order valence-electron chi connectivity index (χ3n) is 8.07. The van der Waals surface area contributed by atoms with Crippen molar-refractivity contribution in [2.45, 2.75) is 70.9 Å². The number of rotatable bonds is 9. The molecule has 2 amide bonds. The number of halogens is 1. The lowest BCUT2D eigenvalue weighted by Gasteiger charge is -2.28. The quantitative estimate of drug-likeness (QED) is 0.255. The number of benzene rings is 1. The van der Waals surface area contributed by atoms with Gasteiger partial charge in [-0.15, -0.1) is 11.3 Å². The van der Waals surface area contributed by atoms with Crippen LogP contribution in [0.2, 0.25) is 5.02 Å². The Bertz CT molecular complexity index is 1370. The maximum absolute atomic E-state index is 13.5. The monoisotopic (exact) mass is 579 g/mol. The van der Waals surface area contributed by atoms with E-state index in [2.05, 4.69) is 45.0 Å². The largest absolute Gasteiger partial charge is 0.376 e. The summed E-state index contributed by atoms with van der Waals surface area (Å²) in [4.78, 5) is 35.1. The SMILES string of the molecule is Cc1ncc(Cl)cc1N[C@@H](C)c1ccc(C(=O)N[C@@H](CC2CCCC2)C(=O)Nc2ccc3c(c2)N(C)CCC3)s1. The van der Waals surface area contributed by atoms with Gasteiger partial charge in [-0.2, -0.15) is 0 Å². The molecule has 2 aliphatic rings. The third-order valence-corrected chi connectivity index (χ3v) is 9.55. The van der Waals surface area contributed by atoms with Gasteiger partial charge in [0.15, 0.2) is 0 Å². The molecular weight excluding hydrogens is 542 g/mol. The van der Waals surface area contributed by atoms with Crippen LogP contribution in [0.25, 0.3) is 0 Å². The number of hydrogen-bond acceptors (Lipinski definition) is 6. The predicted octanol–water partition coefficient (Wildman–Crippen LogP) is 6.98. The molecule has 3 heterocycles. The highest BCUT2D eigenvalue weighted by atomic mass is 35.5. The fourth-order valence-corrected chi connectivity index (χ4v) is 6.84. The van der Waals surface area contributed by atoms with Crippen LogP contribution in [0.1, 0.15) is 77.3 Å². The summed E-state index contributed by atoms with van der Waals surface area (Å²) in [6.07, 6.45) is 9.06. The Labute approximate surface area is 245 Å². The van der Waals surface area contributed by atoms with E-state index in [1.54, 1.807) is 6.20 Å². The Balaban J connectivity index is 1.27. The first-order valence-corrected chi connectivity index (χ1v) is 15.4. The van der Waals surface area contributed by atoms with E-state index in [-0.39, 0.29) is 17.9 Å². The number of carbonyl (C=O) groups excluding carboxylic acids is 2. The molecule has 7 nitrogen and oxygen atoms in total. The molecule has 1 aliphatic carbocycles. The molecule has 0 saturated heterocycles. The second-order valence-corrected chi connectivity index (χ2v) is 12.7. The van der Waals surface area contributed by atoms with Crippen LogP contribution in [-0.2, 0) is 11.2 Å². The average molecular weight is 580 g/mol. The topological polar surface area (TPSA) is 86.4 Å². The Morgan fingerprint density at radius 2 is 1.95 bits per heavy atom. The highest BCUT2D eigenvalue weighted by molar-refractivity contribution is 7.14. The van der Waals surface area contributed by atoms with Crippen molar-refractivity contribution in [1.29, 1.82) is 0 Å². The van der Waals surface area contributed by atoms with Gasteiger partial charge in [-0.25, -0.2) is 0 Å². The summed E-state index contributed by atoms with van der Waals surface area (Å²) in [5.74, 6) is 0.0742. The maximum Gasteiger partial charge on any atom is 0.262 e. The molecule has 1 fully saturated rings. The predicted molar refractivity (Wildman–Crippen MR) is 165 cm³/mol. The van der Waals surface area contributed by atoms with Crippen molar-refractivity contribution in [2.24, 2.45) is 5.92 Å². The standard InChI is InChI=1S/C31H38ClN5O2S/c1-19-25(16-23(32)18-33-19)34-20(2)28-12-13-29(40-28)31(39)36-26(15-21-7-4-5-8-21)30(38)35-24-11-10-22-9-6-14-37(3)27(22)17-24/h10-13,16-18,20-21,26,34H,4-9,14-15H2,1-3H3,(H,35,38)(H,36,39)/t20-,26-/m0/s1. The van der Waals surface area contributed by atoms with Gasteiger partial charge < -0.3 is 20.9 Å². The normalized spacial score (nSPS) is 16.8. The fourth-order valence-electron chi connectivity index (χ4n) is 5.77. The number of thiophene rings is 1. The first kappa shape index (κ1) is 28.4. The van der Waals surface area contributed by atoms with Crippen molar-refractivity contribution < 1.29 is 9.59 Å². The minimum atomic E-state index is -0.592. The number of amides is 2. The van der Waals surface area contributed by atoms with Crippen molar-refractivity contribution in [1.82, 2.24) is 10.3 Å². The fraction of sp³-hybridized carbons (Fsp3) is 0.452. The molecule has 0 unspecified atom stereocenters. The molecule has 9 heteroatoms. The second kappa shape index (κ2) is 12.6. The molecule has 3 aromatic rings. The number of aryl methyl sites for hydroxylation is 2. The second-order valence-electron chi connectivity index (χ2n) is 11.1. The summed E-state index contributed by atoms with van der Waals surface area (Å²) in [6.45, 7) is 4.98. The Hall–Kier alpha value is -3.10. The van der Waals surface area contributed by atoms with Crippen LogP contribution in [0, 0.1) is 12.8 Å². The summed E-state index contributed by atoms with van der Waals surface area (Å²) in [6, 6.07) is 11.2. The first-order chi connectivity index (χ1) is 19.3. The molecule has 1 saturated carbocycles. The van der Waals surface area contributed by atoms with Crippen LogP contribution in [0.3, 0.4) is 0 Å². The summed E-state index contributed by atoms with van der Waals surface area (Å²) >= 11 is 7.56. The molecule has 1 aromatic carbocycles. The first-order valence-electron chi connectivity index (χ1n) is 14.2. The molecule has 212 valence electrons. The van der Waals surface area contributed by atoms with Crippen molar-refractivity contribution in [3.8, 4) is 0 Å². The summed E-state index contributed by atoms with van der Waals surface area (Å²) in [5.41, 5.74) is 4.96. The van der Waals surface area contributed by atoms with Gasteiger partial charge >= 0.3 is 0 Å². The number of pyridine rings is 1. The van der Waals surface area contributed by atoms with Crippen molar-refractivity contribution >= 4 is 51.8 Å². The van der Waals surface area contributed by atoms with Crippen LogP contribution in [0.15, 0.2) is 42.6 Å². The Morgan fingerprint density at radius 3 is 2.75 bits per heavy atom. The number of nitrogens with one attached hydrogen (secondary N) is 3. The van der Waals surface area contributed by atoms with Crippen LogP contribution < -0.4 is 20.9 Å². The number of anilines is 3. The van der Waals surface area contributed by atoms with E-state index >= 15 is 0 Å². The zero-order chi connectivity index (χ0) is 28.2. The number of fused-ring (bicyclic) bond motifs is 1. The third kappa shape index (κ3) is 6.78. The van der Waals surface area contributed by atoms with E-state index in [1.807, 2.05) is 38.1 Å². The highest BCUT2D eigenvalue weighted by Gasteiger charge is 2.28. The van der Waals surface area contributed by atoms with Gasteiger partial charge in [-0.05, 0) is 74.9 Å². The smallest absolute Gasteiger partial charge is 0.262 e. The number of nitrogens with zero attached hydrogens (tertiary/aromatic N) is 2. The van der Waals surface area contributed by atoms with Crippen LogP contribution in [0.5, 0.6) is 0 Å². The van der Waals surface area contributed by atoms with Gasteiger partial charge in [0, 0.05) is 36.0 Å². The molecule has 5 rings (SSSR count). The minimum absolute atomic E-state index is 0.0368. The lowest BCUT2D eigenvalue weighted by Crippen LogP contribution is -2.44. The van der Waals surface area contributed by atoms with E-state index in [0.29, 0.717) is 22.2 Å². The molecule has 0 bridgehead atoms. The Kier molecular flexibility index (Phi) is 8.96. The molecule has 40 heavy (non-hydrogen) atoms. The van der Waals surface area contributed by atoms with Gasteiger partial charge in [0.1, 0.15) is 6.04 Å². The van der Waals surface area contributed by atoms with E-state index in [9.17, 15) is 9.59 Å². The van der Waals surface area contributed by atoms with E-state index in [1.165, 1.54) is 29.7 Å². The van der Waals surface area contributed by atoms with E-state index in [0.717, 1.165) is 59.9 Å². The van der Waals surface area contributed by atoms with Gasteiger partial charge in [0.05, 0.1) is 27.3 Å². The maximum atomic E-state index is 13.5. The molecule has 2 aromatic heterocycles. The lowest BCUT2D eigenvalue weighted by atomic mass is 9.97. The molecular formula is C31H38ClN5O2S. The number of carbonyl (C=O) groups is 2. The molecule has 0 spiro atoms. The van der Waals surface area contributed by atoms with Gasteiger partial charge in [-0.3, -0.25) is 14.6 Å². The zero-order valence-corrected chi connectivity index (χ0v) is 25.0. The van der Waals surface area contributed by atoms with Gasteiger partial charge in [0.25, 0.3) is 5.91 Å². The van der Waals surface area contributed by atoms with E-state index < -0.39 is 6.04 Å². The minimum Gasteiger partial charge on any atom is -0.376 e. The Morgan fingerprint density at radius 1 is 1.15 bits per heavy atom. The van der Waals surface area contributed by atoms with Crippen molar-refractivity contribution in [3.63, 3.8) is 0 Å². The average Bonchev–Trinajstić information content (AvgIpc) is 3.64. The lowest BCUT2D eigenvalue weighted by molar-refractivity contribution is -0.118. The summed E-state index contributed by atoms with van der Waals surface area (Å²) in [7, 11) is 2.09. The van der Waals surface area contributed by atoms with Crippen molar-refractivity contribution in [3.05, 3.63) is 68.6 Å². The van der Waals surface area contributed by atoms with E-state index in [4.69, 9.17) is 11.6 Å². The zero-order valence-electron chi connectivity index (χ0n) is 23.4. The highest BCUT2D eigenvalue weighted by Crippen LogP contribution is 2.32. The van der Waals surface area contributed by atoms with Gasteiger partial charge in [0.2, 0.25) is 5.91 Å². The molecule has 2 atom stereocenters. The van der Waals surface area contributed by atoms with Crippen LogP contribution in [0.4, 0.5) is 17.1 Å². The summed E-state index contributed by atoms with van der Waals surface area (Å²) in [5, 5.41) is 10.2. The summed E-state index contributed by atoms with van der Waals surface area (Å²) < 4.78 is 0. The number of aromatic nitrogens is 1. The molecule has 0 radical (unpaired) electrons. The molecule has 1 aliphatic heterocycles. The molecule has 3 N–H and O–H groups in total. The van der Waals surface area contributed by atoms with Crippen LogP contribution >= 0.6 is 22.9 Å². The van der Waals surface area contributed by atoms with Crippen LogP contribution in [-0.4, -0.2) is 36.4 Å². The number of hydrogen-bond donors (Lipinski definition) is 3.